The molecular formula is C28H28N4O5. The summed E-state index contributed by atoms with van der Waals surface area (Å²) in [5, 5.41) is 18.4. The van der Waals surface area contributed by atoms with E-state index < -0.39 is 5.97 Å². The first-order valence-electron chi connectivity index (χ1n) is 11.9. The number of aryl methyl sites for hydroxylation is 1. The number of carbonyl (C=O) groups excluding carboxylic acids is 1. The zero-order chi connectivity index (χ0) is 26.2. The molecule has 9 heteroatoms. The molecule has 2 heterocycles. The van der Waals surface area contributed by atoms with Crippen molar-refractivity contribution in [3.8, 4) is 29.1 Å². The molecule has 0 radical (unpaired) electrons. The third-order valence-electron chi connectivity index (χ3n) is 6.00. The molecule has 2 aromatic carbocycles. The number of aromatic nitrogens is 3. The summed E-state index contributed by atoms with van der Waals surface area (Å²) < 4.78 is 23.5. The van der Waals surface area contributed by atoms with Crippen LogP contribution < -0.4 is 18.9 Å². The van der Waals surface area contributed by atoms with Gasteiger partial charge in [0.15, 0.2) is 28.8 Å². The SMILES string of the molecule is COc1ccc(C=CC(=O)Oc2ccc(C=C(C#N)c3nnc4n3CCCCC4)cc2OC)cc1OC. The van der Waals surface area contributed by atoms with Crippen molar-refractivity contribution in [1.29, 1.82) is 5.26 Å². The molecule has 37 heavy (non-hydrogen) atoms. The van der Waals surface area contributed by atoms with Crippen molar-refractivity contribution in [2.75, 3.05) is 21.3 Å². The van der Waals surface area contributed by atoms with E-state index in [0.29, 0.717) is 34.2 Å². The number of allylic oxidation sites excluding steroid dienone is 1. The number of benzene rings is 2. The first-order valence-corrected chi connectivity index (χ1v) is 11.9. The summed E-state index contributed by atoms with van der Waals surface area (Å²) in [6, 6.07) is 12.6. The van der Waals surface area contributed by atoms with Crippen LogP contribution in [0.5, 0.6) is 23.0 Å². The molecule has 3 aromatic rings. The van der Waals surface area contributed by atoms with Crippen molar-refractivity contribution in [1.82, 2.24) is 14.8 Å². The molecule has 0 amide bonds. The number of carbonyl (C=O) groups is 1. The summed E-state index contributed by atoms with van der Waals surface area (Å²) in [5.41, 5.74) is 1.86. The third-order valence-corrected chi connectivity index (χ3v) is 6.00. The summed E-state index contributed by atoms with van der Waals surface area (Å²) in [7, 11) is 4.60. The van der Waals surface area contributed by atoms with E-state index in [1.54, 1.807) is 62.8 Å². The number of rotatable bonds is 8. The Labute approximate surface area is 215 Å². The second-order valence-electron chi connectivity index (χ2n) is 8.35. The van der Waals surface area contributed by atoms with Crippen LogP contribution in [0.1, 0.15) is 42.0 Å². The van der Waals surface area contributed by atoms with Crippen molar-refractivity contribution < 1.29 is 23.7 Å². The minimum absolute atomic E-state index is 0.261. The third kappa shape index (κ3) is 5.98. The van der Waals surface area contributed by atoms with Gasteiger partial charge in [-0.1, -0.05) is 18.6 Å². The molecule has 0 saturated heterocycles. The number of nitrogens with zero attached hydrogens (tertiary/aromatic N) is 4. The molecule has 0 spiro atoms. The monoisotopic (exact) mass is 500 g/mol. The van der Waals surface area contributed by atoms with Crippen molar-refractivity contribution in [3.63, 3.8) is 0 Å². The van der Waals surface area contributed by atoms with E-state index in [9.17, 15) is 10.1 Å². The minimum Gasteiger partial charge on any atom is -0.493 e. The summed E-state index contributed by atoms with van der Waals surface area (Å²) in [5.74, 6) is 2.68. The van der Waals surface area contributed by atoms with E-state index >= 15 is 0 Å². The number of ether oxygens (including phenoxy) is 4. The highest BCUT2D eigenvalue weighted by Crippen LogP contribution is 2.31. The summed E-state index contributed by atoms with van der Waals surface area (Å²) in [6.07, 6.45) is 8.77. The number of hydrogen-bond acceptors (Lipinski definition) is 8. The Morgan fingerprint density at radius 2 is 1.62 bits per heavy atom. The highest BCUT2D eigenvalue weighted by molar-refractivity contribution is 5.90. The van der Waals surface area contributed by atoms with Crippen LogP contribution in [0.15, 0.2) is 42.5 Å². The zero-order valence-electron chi connectivity index (χ0n) is 21.1. The fourth-order valence-corrected chi connectivity index (χ4v) is 4.12. The van der Waals surface area contributed by atoms with Crippen LogP contribution >= 0.6 is 0 Å². The van der Waals surface area contributed by atoms with E-state index in [2.05, 4.69) is 16.3 Å². The molecule has 0 aliphatic carbocycles. The highest BCUT2D eigenvalue weighted by Gasteiger charge is 2.18. The normalized spacial score (nSPS) is 13.4. The standard InChI is InChI=1S/C28H28N4O5/c1-34-22-11-8-19(16-24(22)35-2)10-13-27(33)37-23-12-9-20(17-25(23)36-3)15-21(18-29)28-31-30-26-7-5-4-6-14-32(26)28/h8-13,15-17H,4-7,14H2,1-3H3. The zero-order valence-corrected chi connectivity index (χ0v) is 21.1. The largest absolute Gasteiger partial charge is 0.493 e. The Kier molecular flexibility index (Phi) is 8.21. The van der Waals surface area contributed by atoms with Crippen molar-refractivity contribution in [2.45, 2.75) is 32.2 Å². The first kappa shape index (κ1) is 25.5. The topological polar surface area (TPSA) is 108 Å². The summed E-state index contributed by atoms with van der Waals surface area (Å²) in [4.78, 5) is 12.5. The molecule has 0 atom stereocenters. The highest BCUT2D eigenvalue weighted by atomic mass is 16.6. The van der Waals surface area contributed by atoms with Crippen LogP contribution in [0.3, 0.4) is 0 Å². The van der Waals surface area contributed by atoms with Gasteiger partial charge in [0.05, 0.1) is 26.9 Å². The van der Waals surface area contributed by atoms with Gasteiger partial charge in [-0.2, -0.15) is 5.26 Å². The molecule has 0 fully saturated rings. The predicted molar refractivity (Wildman–Crippen MR) is 138 cm³/mol. The van der Waals surface area contributed by atoms with Gasteiger partial charge >= 0.3 is 5.97 Å². The Morgan fingerprint density at radius 1 is 0.919 bits per heavy atom. The maximum atomic E-state index is 12.5. The lowest BCUT2D eigenvalue weighted by atomic mass is 10.1. The fraction of sp³-hybridized carbons (Fsp3) is 0.286. The van der Waals surface area contributed by atoms with Crippen molar-refractivity contribution in [3.05, 3.63) is 65.2 Å². The Bertz CT molecular complexity index is 1380. The maximum absolute atomic E-state index is 12.5. The van der Waals surface area contributed by atoms with Crippen LogP contribution in [0, 0.1) is 11.3 Å². The first-order chi connectivity index (χ1) is 18.1. The van der Waals surface area contributed by atoms with E-state index in [-0.39, 0.29) is 5.75 Å². The fourth-order valence-electron chi connectivity index (χ4n) is 4.12. The lowest BCUT2D eigenvalue weighted by molar-refractivity contribution is -0.129. The minimum atomic E-state index is -0.569. The Hall–Kier alpha value is -4.58. The molecule has 9 nitrogen and oxygen atoms in total. The van der Waals surface area contributed by atoms with E-state index in [0.717, 1.165) is 43.6 Å². The number of nitriles is 1. The number of hydrogen-bond donors (Lipinski definition) is 0. The van der Waals surface area contributed by atoms with Crippen molar-refractivity contribution in [2.24, 2.45) is 0 Å². The number of methoxy groups -OCH3 is 3. The quantitative estimate of drug-likeness (QED) is 0.189. The second kappa shape index (κ2) is 11.9. The van der Waals surface area contributed by atoms with Crippen LogP contribution in [0.2, 0.25) is 0 Å². The van der Waals surface area contributed by atoms with Gasteiger partial charge in [0.25, 0.3) is 0 Å². The Morgan fingerprint density at radius 3 is 2.38 bits per heavy atom. The molecular weight excluding hydrogens is 472 g/mol. The molecule has 1 aromatic heterocycles. The van der Waals surface area contributed by atoms with Gasteiger partial charge in [0.1, 0.15) is 11.9 Å². The van der Waals surface area contributed by atoms with Gasteiger partial charge in [0.2, 0.25) is 0 Å². The molecule has 4 rings (SSSR count). The lowest BCUT2D eigenvalue weighted by Crippen LogP contribution is -2.05. The van der Waals surface area contributed by atoms with Gasteiger partial charge in [-0.15, -0.1) is 10.2 Å². The van der Waals surface area contributed by atoms with Crippen LogP contribution in [-0.2, 0) is 17.8 Å². The second-order valence-corrected chi connectivity index (χ2v) is 8.35. The van der Waals surface area contributed by atoms with Gasteiger partial charge in [-0.3, -0.25) is 0 Å². The van der Waals surface area contributed by atoms with Gasteiger partial charge in [0, 0.05) is 19.0 Å². The van der Waals surface area contributed by atoms with Crippen molar-refractivity contribution >= 4 is 23.7 Å². The Balaban J connectivity index is 1.51. The summed E-state index contributed by atoms with van der Waals surface area (Å²) >= 11 is 0. The van der Waals surface area contributed by atoms with Crippen LogP contribution in [0.25, 0.3) is 17.7 Å². The van der Waals surface area contributed by atoms with E-state index in [4.69, 9.17) is 18.9 Å². The molecule has 0 unspecified atom stereocenters. The van der Waals surface area contributed by atoms with Crippen LogP contribution in [0.4, 0.5) is 0 Å². The van der Waals surface area contributed by atoms with E-state index in [1.807, 2.05) is 4.57 Å². The average Bonchev–Trinajstić information content (AvgIpc) is 3.18. The summed E-state index contributed by atoms with van der Waals surface area (Å²) in [6.45, 7) is 0.797. The van der Waals surface area contributed by atoms with Gasteiger partial charge < -0.3 is 23.5 Å². The molecule has 1 aliphatic rings. The molecule has 0 bridgehead atoms. The predicted octanol–water partition coefficient (Wildman–Crippen LogP) is 4.71. The number of esters is 1. The molecule has 0 saturated carbocycles. The molecule has 1 aliphatic heterocycles. The van der Waals surface area contributed by atoms with Gasteiger partial charge in [-0.25, -0.2) is 4.79 Å². The average molecular weight is 501 g/mol. The van der Waals surface area contributed by atoms with Gasteiger partial charge in [-0.05, 0) is 60.4 Å². The van der Waals surface area contributed by atoms with Crippen LogP contribution in [-0.4, -0.2) is 42.1 Å². The molecule has 0 N–H and O–H groups in total. The smallest absolute Gasteiger partial charge is 0.336 e. The lowest BCUT2D eigenvalue weighted by Gasteiger charge is -2.10. The molecule has 190 valence electrons. The van der Waals surface area contributed by atoms with E-state index in [1.165, 1.54) is 13.2 Å². The number of fused-ring (bicyclic) bond motifs is 1. The maximum Gasteiger partial charge on any atom is 0.336 e.